The molecule has 1 aromatic heterocycles. The van der Waals surface area contributed by atoms with Gasteiger partial charge >= 0.3 is 0 Å². The Hall–Kier alpha value is -3.19. The molecule has 29 heavy (non-hydrogen) atoms. The predicted octanol–water partition coefficient (Wildman–Crippen LogP) is 4.63. The lowest BCUT2D eigenvalue weighted by Gasteiger charge is -2.18. The number of nitrogens with one attached hydrogen (secondary N) is 1. The van der Waals surface area contributed by atoms with Crippen molar-refractivity contribution in [3.8, 4) is 11.5 Å². The molecule has 3 aromatic rings. The fraction of sp³-hybridized carbons (Fsp3) is 0.136. The number of hydrogen-bond acceptors (Lipinski definition) is 4. The van der Waals surface area contributed by atoms with Gasteiger partial charge in [-0.2, -0.15) is 0 Å². The maximum absolute atomic E-state index is 12.8. The van der Waals surface area contributed by atoms with Gasteiger partial charge in [0.2, 0.25) is 11.8 Å². The van der Waals surface area contributed by atoms with E-state index in [1.165, 1.54) is 0 Å². The molecule has 1 atom stereocenters. The van der Waals surface area contributed by atoms with E-state index in [1.54, 1.807) is 53.7 Å². The van der Waals surface area contributed by atoms with Crippen molar-refractivity contribution in [3.63, 3.8) is 0 Å². The number of halogens is 1. The Kier molecular flexibility index (Phi) is 5.57. The summed E-state index contributed by atoms with van der Waals surface area (Å²) in [5.74, 6) is 0.140. The van der Waals surface area contributed by atoms with Crippen molar-refractivity contribution in [2.24, 2.45) is 5.92 Å². The molecule has 2 aromatic carbocycles. The molecule has 6 nitrogen and oxygen atoms in total. The highest BCUT2D eigenvalue weighted by Gasteiger charge is 2.38. The summed E-state index contributed by atoms with van der Waals surface area (Å²) in [6.07, 6.45) is 3.79. The zero-order chi connectivity index (χ0) is 20.2. The smallest absolute Gasteiger partial charge is 0.239 e. The third kappa shape index (κ3) is 4.30. The number of amides is 2. The van der Waals surface area contributed by atoms with Gasteiger partial charge in [0.15, 0.2) is 0 Å². The molecule has 0 bridgehead atoms. The lowest BCUT2D eigenvalue weighted by molar-refractivity contribution is -0.129. The number of para-hydroxylation sites is 1. The monoisotopic (exact) mass is 451 g/mol. The molecule has 0 aliphatic carbocycles. The van der Waals surface area contributed by atoms with E-state index in [1.807, 2.05) is 24.3 Å². The summed E-state index contributed by atoms with van der Waals surface area (Å²) in [6, 6.07) is 18.1. The van der Waals surface area contributed by atoms with E-state index >= 15 is 0 Å². The van der Waals surface area contributed by atoms with Gasteiger partial charge in [-0.15, -0.1) is 0 Å². The van der Waals surface area contributed by atoms with Crippen molar-refractivity contribution in [1.29, 1.82) is 0 Å². The molecule has 1 saturated heterocycles. The predicted molar refractivity (Wildman–Crippen MR) is 114 cm³/mol. The van der Waals surface area contributed by atoms with Gasteiger partial charge in [0.1, 0.15) is 17.4 Å². The lowest BCUT2D eigenvalue weighted by atomic mass is 10.1. The van der Waals surface area contributed by atoms with Crippen LogP contribution in [0.15, 0.2) is 77.5 Å². The van der Waals surface area contributed by atoms with Crippen molar-refractivity contribution in [1.82, 2.24) is 4.98 Å². The number of anilines is 2. The first kappa shape index (κ1) is 19.1. The van der Waals surface area contributed by atoms with Gasteiger partial charge in [0.25, 0.3) is 0 Å². The van der Waals surface area contributed by atoms with Crippen molar-refractivity contribution in [3.05, 3.63) is 77.5 Å². The Morgan fingerprint density at radius 3 is 2.45 bits per heavy atom. The Morgan fingerprint density at radius 2 is 1.72 bits per heavy atom. The summed E-state index contributed by atoms with van der Waals surface area (Å²) >= 11 is 3.47. The Labute approximate surface area is 176 Å². The van der Waals surface area contributed by atoms with E-state index in [9.17, 15) is 9.59 Å². The van der Waals surface area contributed by atoms with Gasteiger partial charge in [-0.25, -0.2) is 0 Å². The first-order chi connectivity index (χ1) is 14.1. The van der Waals surface area contributed by atoms with E-state index in [-0.39, 0.29) is 11.8 Å². The van der Waals surface area contributed by atoms with Crippen LogP contribution in [-0.2, 0) is 9.59 Å². The zero-order valence-electron chi connectivity index (χ0n) is 15.4. The highest BCUT2D eigenvalue weighted by atomic mass is 79.9. The summed E-state index contributed by atoms with van der Waals surface area (Å²) in [5.41, 5.74) is 1.40. The van der Waals surface area contributed by atoms with Crippen molar-refractivity contribution in [2.45, 2.75) is 6.42 Å². The largest absolute Gasteiger partial charge is 0.457 e. The minimum Gasteiger partial charge on any atom is -0.457 e. The second kappa shape index (κ2) is 8.45. The average molecular weight is 452 g/mol. The second-order valence-corrected chi connectivity index (χ2v) is 7.44. The molecule has 1 fully saturated rings. The number of carbonyl (C=O) groups excluding carboxylic acids is 2. The molecule has 1 unspecified atom stereocenters. The minimum absolute atomic E-state index is 0.188. The van der Waals surface area contributed by atoms with Gasteiger partial charge in [-0.3, -0.25) is 14.6 Å². The molecular weight excluding hydrogens is 434 g/mol. The minimum atomic E-state index is -0.699. The Bertz CT molecular complexity index is 1020. The first-order valence-electron chi connectivity index (χ1n) is 9.16. The van der Waals surface area contributed by atoms with Gasteiger partial charge in [0.05, 0.1) is 5.69 Å². The summed E-state index contributed by atoms with van der Waals surface area (Å²) < 4.78 is 6.54. The van der Waals surface area contributed by atoms with Crippen molar-refractivity contribution < 1.29 is 14.3 Å². The molecular formula is C22H18BrN3O3. The number of pyridine rings is 1. The second-order valence-electron chi connectivity index (χ2n) is 6.58. The number of nitrogens with zero attached hydrogens (tertiary/aromatic N) is 2. The van der Waals surface area contributed by atoms with Gasteiger partial charge in [-0.05, 0) is 70.9 Å². The van der Waals surface area contributed by atoms with Crippen molar-refractivity contribution in [2.75, 3.05) is 16.8 Å². The standard InChI is InChI=1S/C22H18BrN3O3/c23-19-3-1-2-4-20(19)26-14-11-18(22(26)28)21(27)25-15-5-7-16(8-6-15)29-17-9-12-24-13-10-17/h1-10,12-13,18H,11,14H2,(H,25,27). The maximum Gasteiger partial charge on any atom is 0.239 e. The van der Waals surface area contributed by atoms with Crippen LogP contribution < -0.4 is 15.0 Å². The fourth-order valence-corrected chi connectivity index (χ4v) is 3.71. The van der Waals surface area contributed by atoms with Crippen LogP contribution in [0.25, 0.3) is 0 Å². The first-order valence-corrected chi connectivity index (χ1v) is 9.96. The highest BCUT2D eigenvalue weighted by molar-refractivity contribution is 9.10. The molecule has 0 radical (unpaired) electrons. The van der Waals surface area contributed by atoms with Gasteiger partial charge in [0, 0.05) is 29.1 Å². The average Bonchev–Trinajstić information content (AvgIpc) is 3.12. The number of ether oxygens (including phenoxy) is 1. The van der Waals surface area contributed by atoms with Crippen LogP contribution in [0.3, 0.4) is 0 Å². The molecule has 146 valence electrons. The summed E-state index contributed by atoms with van der Waals surface area (Å²) in [7, 11) is 0. The Balaban J connectivity index is 1.39. The molecule has 1 aliphatic heterocycles. The third-order valence-electron chi connectivity index (χ3n) is 4.67. The SMILES string of the molecule is O=C(Nc1ccc(Oc2ccncc2)cc1)C1CCN(c2ccccc2Br)C1=O. The van der Waals surface area contributed by atoms with Gasteiger partial charge < -0.3 is 15.0 Å². The molecule has 2 heterocycles. The summed E-state index contributed by atoms with van der Waals surface area (Å²) in [6.45, 7) is 0.512. The summed E-state index contributed by atoms with van der Waals surface area (Å²) in [4.78, 5) is 31.0. The van der Waals surface area contributed by atoms with Crippen LogP contribution in [0, 0.1) is 5.92 Å². The van der Waals surface area contributed by atoms with E-state index in [4.69, 9.17) is 4.74 Å². The molecule has 0 saturated carbocycles. The topological polar surface area (TPSA) is 71.5 Å². The molecule has 2 amide bonds. The van der Waals surface area contributed by atoms with Crippen molar-refractivity contribution >= 4 is 39.1 Å². The van der Waals surface area contributed by atoms with Crippen LogP contribution >= 0.6 is 15.9 Å². The van der Waals surface area contributed by atoms with Crippen LogP contribution in [0.2, 0.25) is 0 Å². The van der Waals surface area contributed by atoms with E-state index in [0.29, 0.717) is 30.2 Å². The van der Waals surface area contributed by atoms with E-state index in [0.717, 1.165) is 10.2 Å². The molecule has 1 N–H and O–H groups in total. The molecule has 0 spiro atoms. The maximum atomic E-state index is 12.8. The number of carbonyl (C=O) groups is 2. The van der Waals surface area contributed by atoms with Crippen LogP contribution in [0.4, 0.5) is 11.4 Å². The lowest BCUT2D eigenvalue weighted by Crippen LogP contribution is -2.33. The number of hydrogen-bond donors (Lipinski definition) is 1. The normalized spacial score (nSPS) is 16.0. The number of rotatable bonds is 5. The van der Waals surface area contributed by atoms with Crippen LogP contribution in [-0.4, -0.2) is 23.3 Å². The van der Waals surface area contributed by atoms with Crippen LogP contribution in [0.1, 0.15) is 6.42 Å². The third-order valence-corrected chi connectivity index (χ3v) is 5.34. The van der Waals surface area contributed by atoms with Gasteiger partial charge in [-0.1, -0.05) is 12.1 Å². The molecule has 1 aliphatic rings. The number of aromatic nitrogens is 1. The quantitative estimate of drug-likeness (QED) is 0.574. The fourth-order valence-electron chi connectivity index (χ4n) is 3.21. The van der Waals surface area contributed by atoms with Crippen LogP contribution in [0.5, 0.6) is 11.5 Å². The molecule has 4 rings (SSSR count). The highest BCUT2D eigenvalue weighted by Crippen LogP contribution is 2.32. The Morgan fingerprint density at radius 1 is 1.03 bits per heavy atom. The zero-order valence-corrected chi connectivity index (χ0v) is 17.0. The molecule has 7 heteroatoms. The number of benzene rings is 2. The summed E-state index contributed by atoms with van der Waals surface area (Å²) in [5, 5.41) is 2.83. The van der Waals surface area contributed by atoms with E-state index in [2.05, 4.69) is 26.2 Å². The van der Waals surface area contributed by atoms with E-state index < -0.39 is 5.92 Å².